The molecule has 0 aliphatic heterocycles. The second kappa shape index (κ2) is 8.89. The number of amides is 1. The molecule has 118 valence electrons. The Morgan fingerprint density at radius 1 is 1.27 bits per heavy atom. The largest absolute Gasteiger partial charge is 0.494 e. The lowest BCUT2D eigenvalue weighted by Crippen LogP contribution is -2.12. The number of hydrogen-bond acceptors (Lipinski definition) is 4. The average Bonchev–Trinajstić information content (AvgIpc) is 2.54. The van der Waals surface area contributed by atoms with E-state index in [1.807, 2.05) is 19.1 Å². The number of halogens is 1. The van der Waals surface area contributed by atoms with Crippen LogP contribution >= 0.6 is 12.4 Å². The summed E-state index contributed by atoms with van der Waals surface area (Å²) >= 11 is 0. The van der Waals surface area contributed by atoms with Crippen molar-refractivity contribution in [3.63, 3.8) is 0 Å². The molecule has 0 aliphatic carbocycles. The predicted octanol–water partition coefficient (Wildman–Crippen LogP) is 3.59. The number of nitrogens with one attached hydrogen (secondary N) is 2. The van der Waals surface area contributed by atoms with Gasteiger partial charge in [-0.25, -0.2) is 4.98 Å². The molecular weight excluding hydrogens is 302 g/mol. The fourth-order valence-corrected chi connectivity index (χ4v) is 1.77. The first kappa shape index (κ1) is 17.8. The Hall–Kier alpha value is -2.27. The van der Waals surface area contributed by atoms with Crippen LogP contribution in [-0.2, 0) is 0 Å². The number of hydrogen-bond donors (Lipinski definition) is 2. The zero-order chi connectivity index (χ0) is 15.1. The lowest BCUT2D eigenvalue weighted by Gasteiger charge is -2.08. The molecule has 2 aromatic rings. The van der Waals surface area contributed by atoms with Gasteiger partial charge in [0.1, 0.15) is 11.6 Å². The van der Waals surface area contributed by atoms with Gasteiger partial charge in [-0.3, -0.25) is 4.79 Å². The van der Waals surface area contributed by atoms with Crippen LogP contribution in [0.4, 0.5) is 11.5 Å². The predicted molar refractivity (Wildman–Crippen MR) is 91.2 cm³/mol. The minimum Gasteiger partial charge on any atom is -0.494 e. The van der Waals surface area contributed by atoms with Crippen LogP contribution in [0.25, 0.3) is 0 Å². The van der Waals surface area contributed by atoms with Crippen LogP contribution in [0.1, 0.15) is 23.7 Å². The number of anilines is 2. The highest BCUT2D eigenvalue weighted by Gasteiger charge is 2.07. The van der Waals surface area contributed by atoms with Gasteiger partial charge in [-0.05, 0) is 36.8 Å². The zero-order valence-electron chi connectivity index (χ0n) is 12.6. The zero-order valence-corrected chi connectivity index (χ0v) is 13.4. The van der Waals surface area contributed by atoms with E-state index in [2.05, 4.69) is 15.6 Å². The summed E-state index contributed by atoms with van der Waals surface area (Å²) in [6, 6.07) is 10.7. The van der Waals surface area contributed by atoms with E-state index in [0.717, 1.165) is 12.2 Å². The fraction of sp³-hybridized carbons (Fsp3) is 0.250. The van der Waals surface area contributed by atoms with Gasteiger partial charge in [0.2, 0.25) is 0 Å². The molecule has 1 aromatic heterocycles. The molecule has 6 heteroatoms. The van der Waals surface area contributed by atoms with Crippen LogP contribution < -0.4 is 15.4 Å². The second-order valence-corrected chi connectivity index (χ2v) is 4.51. The minimum absolute atomic E-state index is 0. The number of rotatable bonds is 6. The highest BCUT2D eigenvalue weighted by Crippen LogP contribution is 2.16. The Morgan fingerprint density at radius 3 is 2.73 bits per heavy atom. The smallest absolute Gasteiger partial charge is 0.255 e. The van der Waals surface area contributed by atoms with E-state index >= 15 is 0 Å². The minimum atomic E-state index is -0.184. The van der Waals surface area contributed by atoms with Gasteiger partial charge in [0, 0.05) is 12.6 Å². The molecule has 2 rings (SSSR count). The maximum absolute atomic E-state index is 12.2. The number of nitrogens with zero attached hydrogens (tertiary/aromatic N) is 1. The SMILES string of the molecule is CCCOc1cccc(C(=O)Nc2ccc(NC)nc2)c1.Cl. The third-order valence-electron chi connectivity index (χ3n) is 2.85. The van der Waals surface area contributed by atoms with Crippen LogP contribution in [-0.4, -0.2) is 24.5 Å². The summed E-state index contributed by atoms with van der Waals surface area (Å²) < 4.78 is 5.53. The monoisotopic (exact) mass is 321 g/mol. The Bertz CT molecular complexity index is 603. The third kappa shape index (κ3) is 4.93. The van der Waals surface area contributed by atoms with Crippen molar-refractivity contribution in [3.05, 3.63) is 48.2 Å². The van der Waals surface area contributed by atoms with Crippen LogP contribution in [0.15, 0.2) is 42.6 Å². The van der Waals surface area contributed by atoms with E-state index in [1.165, 1.54) is 0 Å². The molecule has 1 heterocycles. The molecule has 0 fully saturated rings. The van der Waals surface area contributed by atoms with E-state index < -0.39 is 0 Å². The molecule has 1 amide bonds. The summed E-state index contributed by atoms with van der Waals surface area (Å²) in [5.74, 6) is 1.27. The molecule has 0 radical (unpaired) electrons. The summed E-state index contributed by atoms with van der Waals surface area (Å²) in [6.07, 6.45) is 2.54. The van der Waals surface area contributed by atoms with Crippen LogP contribution in [0.2, 0.25) is 0 Å². The van der Waals surface area contributed by atoms with Crippen LogP contribution in [0.5, 0.6) is 5.75 Å². The summed E-state index contributed by atoms with van der Waals surface area (Å²) in [7, 11) is 1.79. The molecule has 0 spiro atoms. The molecule has 0 atom stereocenters. The second-order valence-electron chi connectivity index (χ2n) is 4.51. The lowest BCUT2D eigenvalue weighted by molar-refractivity contribution is 0.102. The van der Waals surface area contributed by atoms with E-state index in [0.29, 0.717) is 23.6 Å². The van der Waals surface area contributed by atoms with Gasteiger partial charge in [0.05, 0.1) is 18.5 Å². The molecule has 5 nitrogen and oxygen atoms in total. The number of benzene rings is 1. The van der Waals surface area contributed by atoms with Gasteiger partial charge in [-0.2, -0.15) is 0 Å². The molecule has 0 saturated heterocycles. The van der Waals surface area contributed by atoms with Crippen molar-refractivity contribution in [3.8, 4) is 5.75 Å². The average molecular weight is 322 g/mol. The normalized spacial score (nSPS) is 9.55. The first-order valence-electron chi connectivity index (χ1n) is 6.91. The number of carbonyl (C=O) groups is 1. The summed E-state index contributed by atoms with van der Waals surface area (Å²) in [5, 5.41) is 5.73. The molecule has 0 bridgehead atoms. The number of ether oxygens (including phenoxy) is 1. The van der Waals surface area contributed by atoms with Gasteiger partial charge in [-0.1, -0.05) is 13.0 Å². The van der Waals surface area contributed by atoms with Crippen LogP contribution in [0, 0.1) is 0 Å². The van der Waals surface area contributed by atoms with Gasteiger partial charge < -0.3 is 15.4 Å². The van der Waals surface area contributed by atoms with Crippen molar-refractivity contribution in [1.29, 1.82) is 0 Å². The molecule has 0 unspecified atom stereocenters. The number of aromatic nitrogens is 1. The van der Waals surface area contributed by atoms with Gasteiger partial charge in [0.15, 0.2) is 0 Å². The standard InChI is InChI=1S/C16H19N3O2.ClH/c1-3-9-21-14-6-4-5-12(10-14)16(20)19-13-7-8-15(17-2)18-11-13;/h4-8,10-11H,3,9H2,1-2H3,(H,17,18)(H,19,20);1H. The molecule has 22 heavy (non-hydrogen) atoms. The van der Waals surface area contributed by atoms with E-state index in [1.54, 1.807) is 37.5 Å². The molecule has 1 aromatic carbocycles. The maximum atomic E-state index is 12.2. The first-order chi connectivity index (χ1) is 10.2. The van der Waals surface area contributed by atoms with Gasteiger partial charge in [-0.15, -0.1) is 12.4 Å². The summed E-state index contributed by atoms with van der Waals surface area (Å²) in [4.78, 5) is 16.3. The fourth-order valence-electron chi connectivity index (χ4n) is 1.77. The van der Waals surface area contributed by atoms with Crippen molar-refractivity contribution in [2.45, 2.75) is 13.3 Å². The van der Waals surface area contributed by atoms with E-state index in [-0.39, 0.29) is 18.3 Å². The Kier molecular flexibility index (Phi) is 7.19. The topological polar surface area (TPSA) is 63.2 Å². The molecule has 0 saturated carbocycles. The first-order valence-corrected chi connectivity index (χ1v) is 6.91. The summed E-state index contributed by atoms with van der Waals surface area (Å²) in [6.45, 7) is 2.68. The third-order valence-corrected chi connectivity index (χ3v) is 2.85. The highest BCUT2D eigenvalue weighted by atomic mass is 35.5. The van der Waals surface area contributed by atoms with Crippen molar-refractivity contribution in [2.75, 3.05) is 24.3 Å². The Balaban J connectivity index is 0.00000242. The molecule has 0 aliphatic rings. The van der Waals surface area contributed by atoms with Crippen molar-refractivity contribution >= 4 is 29.8 Å². The lowest BCUT2D eigenvalue weighted by atomic mass is 10.2. The van der Waals surface area contributed by atoms with Crippen molar-refractivity contribution in [1.82, 2.24) is 4.98 Å². The van der Waals surface area contributed by atoms with E-state index in [4.69, 9.17) is 4.74 Å². The highest BCUT2D eigenvalue weighted by molar-refractivity contribution is 6.04. The summed E-state index contributed by atoms with van der Waals surface area (Å²) in [5.41, 5.74) is 1.21. The number of pyridine rings is 1. The Morgan fingerprint density at radius 2 is 2.09 bits per heavy atom. The quantitative estimate of drug-likeness (QED) is 0.853. The maximum Gasteiger partial charge on any atom is 0.255 e. The van der Waals surface area contributed by atoms with Gasteiger partial charge >= 0.3 is 0 Å². The molecule has 2 N–H and O–H groups in total. The van der Waals surface area contributed by atoms with Gasteiger partial charge in [0.25, 0.3) is 5.91 Å². The number of carbonyl (C=O) groups excluding carboxylic acids is 1. The van der Waals surface area contributed by atoms with Crippen molar-refractivity contribution in [2.24, 2.45) is 0 Å². The molecular formula is C16H20ClN3O2. The van der Waals surface area contributed by atoms with Crippen molar-refractivity contribution < 1.29 is 9.53 Å². The van der Waals surface area contributed by atoms with Crippen LogP contribution in [0.3, 0.4) is 0 Å². The van der Waals surface area contributed by atoms with E-state index in [9.17, 15) is 4.79 Å². The Labute approximate surface area is 136 Å².